The number of nitrogens with one attached hydrogen (secondary N) is 1. The first-order valence-electron chi connectivity index (χ1n) is 10.7. The van der Waals surface area contributed by atoms with Crippen molar-refractivity contribution in [1.29, 1.82) is 0 Å². The van der Waals surface area contributed by atoms with Gasteiger partial charge < -0.3 is 23.3 Å². The van der Waals surface area contributed by atoms with Crippen molar-refractivity contribution in [1.82, 2.24) is 5.32 Å². The van der Waals surface area contributed by atoms with E-state index in [1.54, 1.807) is 0 Å². The van der Waals surface area contributed by atoms with Crippen molar-refractivity contribution in [3.05, 3.63) is 0 Å². The minimum Gasteiger partial charge on any atom is -0.446 e. The standard InChI is InChI=1S/C20H41NO5Si/c1-7-23-27(24-8-2,25-9-3)14-10-13-21-20(22)26-19-15-17(6)11-12-18(19)16(4)5/h16-19H,7-15H2,1-6H3,(H,21,22)/t17-,18+,19-/m0/s1. The highest BCUT2D eigenvalue weighted by Crippen LogP contribution is 2.35. The molecule has 7 heteroatoms. The van der Waals surface area contributed by atoms with Crippen LogP contribution in [0.1, 0.15) is 67.2 Å². The second kappa shape index (κ2) is 12.8. The second-order valence-corrected chi connectivity index (χ2v) is 10.5. The van der Waals surface area contributed by atoms with Gasteiger partial charge in [-0.3, -0.25) is 0 Å². The first-order valence-corrected chi connectivity index (χ1v) is 12.7. The molecule has 1 saturated carbocycles. The molecule has 0 unspecified atom stereocenters. The monoisotopic (exact) mass is 403 g/mol. The molecule has 0 aromatic carbocycles. The molecule has 0 bridgehead atoms. The van der Waals surface area contributed by atoms with Crippen LogP contribution >= 0.6 is 0 Å². The van der Waals surface area contributed by atoms with Gasteiger partial charge in [-0.25, -0.2) is 4.79 Å². The van der Waals surface area contributed by atoms with Crippen LogP contribution in [0.15, 0.2) is 0 Å². The average Bonchev–Trinajstić information content (AvgIpc) is 2.59. The van der Waals surface area contributed by atoms with Gasteiger partial charge in [0.05, 0.1) is 0 Å². The molecule has 1 aliphatic carbocycles. The van der Waals surface area contributed by atoms with E-state index < -0.39 is 8.80 Å². The third kappa shape index (κ3) is 8.50. The fourth-order valence-electron chi connectivity index (χ4n) is 3.93. The number of hydrogen-bond donors (Lipinski definition) is 1. The van der Waals surface area contributed by atoms with Crippen molar-refractivity contribution < 1.29 is 22.8 Å². The maximum Gasteiger partial charge on any atom is 0.500 e. The molecule has 0 spiro atoms. The molecule has 1 N–H and O–H groups in total. The molecule has 1 aliphatic rings. The van der Waals surface area contributed by atoms with E-state index in [4.69, 9.17) is 18.0 Å². The Hall–Kier alpha value is -0.633. The number of carbonyl (C=O) groups excluding carboxylic acids is 1. The topological polar surface area (TPSA) is 66.0 Å². The van der Waals surface area contributed by atoms with E-state index in [1.165, 1.54) is 6.42 Å². The number of ether oxygens (including phenoxy) is 1. The van der Waals surface area contributed by atoms with Crippen LogP contribution in [0, 0.1) is 17.8 Å². The van der Waals surface area contributed by atoms with Crippen LogP contribution in [0.4, 0.5) is 4.79 Å². The van der Waals surface area contributed by atoms with Crippen molar-refractivity contribution in [2.75, 3.05) is 26.4 Å². The predicted molar refractivity (Wildman–Crippen MR) is 110 cm³/mol. The molecule has 0 radical (unpaired) electrons. The van der Waals surface area contributed by atoms with Crippen LogP contribution in [0.25, 0.3) is 0 Å². The number of alkyl carbamates (subject to hydrolysis) is 1. The van der Waals surface area contributed by atoms with E-state index in [2.05, 4.69) is 26.1 Å². The van der Waals surface area contributed by atoms with Crippen molar-refractivity contribution in [3.63, 3.8) is 0 Å². The summed E-state index contributed by atoms with van der Waals surface area (Å²) in [5.41, 5.74) is 0. The highest BCUT2D eigenvalue weighted by molar-refractivity contribution is 6.60. The van der Waals surface area contributed by atoms with Crippen molar-refractivity contribution in [3.8, 4) is 0 Å². The first-order chi connectivity index (χ1) is 12.9. The Bertz CT molecular complexity index is 404. The van der Waals surface area contributed by atoms with Gasteiger partial charge in [-0.2, -0.15) is 0 Å². The van der Waals surface area contributed by atoms with Crippen LogP contribution < -0.4 is 5.32 Å². The molecule has 27 heavy (non-hydrogen) atoms. The molecule has 1 amide bonds. The number of hydrogen-bond acceptors (Lipinski definition) is 5. The molecule has 0 saturated heterocycles. The van der Waals surface area contributed by atoms with Crippen LogP contribution in [-0.2, 0) is 18.0 Å². The Labute approximate surface area is 167 Å². The maximum atomic E-state index is 12.3. The zero-order valence-corrected chi connectivity index (χ0v) is 19.2. The molecule has 0 aromatic heterocycles. The summed E-state index contributed by atoms with van der Waals surface area (Å²) in [7, 11) is -2.64. The summed E-state index contributed by atoms with van der Waals surface area (Å²) in [5, 5.41) is 2.90. The first kappa shape index (κ1) is 24.4. The highest BCUT2D eigenvalue weighted by atomic mass is 28.4. The quantitative estimate of drug-likeness (QED) is 0.381. The van der Waals surface area contributed by atoms with Gasteiger partial charge >= 0.3 is 14.9 Å². The Kier molecular flexibility index (Phi) is 11.5. The molecule has 0 heterocycles. The van der Waals surface area contributed by atoms with E-state index in [0.717, 1.165) is 19.3 Å². The number of rotatable bonds is 12. The zero-order chi connectivity index (χ0) is 20.3. The van der Waals surface area contributed by atoms with Crippen LogP contribution in [0.2, 0.25) is 6.04 Å². The minimum absolute atomic E-state index is 0.0255. The fraction of sp³-hybridized carbons (Fsp3) is 0.950. The second-order valence-electron chi connectivity index (χ2n) is 7.78. The molecule has 0 aromatic rings. The Morgan fingerprint density at radius 1 is 1.07 bits per heavy atom. The Balaban J connectivity index is 2.44. The average molecular weight is 404 g/mol. The van der Waals surface area contributed by atoms with Gasteiger partial charge in [0.15, 0.2) is 0 Å². The third-order valence-electron chi connectivity index (χ3n) is 5.24. The van der Waals surface area contributed by atoms with Crippen LogP contribution in [0.3, 0.4) is 0 Å². The van der Waals surface area contributed by atoms with E-state index in [-0.39, 0.29) is 12.2 Å². The SMILES string of the molecule is CCO[Si](CCCNC(=O)O[C@H]1C[C@@H](C)CC[C@@H]1C(C)C)(OCC)OCC. The summed E-state index contributed by atoms with van der Waals surface area (Å²) in [6.07, 6.45) is 3.79. The van der Waals surface area contributed by atoms with Gasteiger partial charge in [-0.15, -0.1) is 0 Å². The smallest absolute Gasteiger partial charge is 0.446 e. The van der Waals surface area contributed by atoms with E-state index in [1.807, 2.05) is 20.8 Å². The van der Waals surface area contributed by atoms with Crippen LogP contribution in [-0.4, -0.2) is 47.4 Å². The lowest BCUT2D eigenvalue weighted by Crippen LogP contribution is -2.46. The Morgan fingerprint density at radius 3 is 2.19 bits per heavy atom. The van der Waals surface area contributed by atoms with E-state index in [0.29, 0.717) is 50.2 Å². The number of amides is 1. The van der Waals surface area contributed by atoms with Crippen LogP contribution in [0.5, 0.6) is 0 Å². The van der Waals surface area contributed by atoms with Crippen molar-refractivity contribution >= 4 is 14.9 Å². The molecule has 1 rings (SSSR count). The molecule has 3 atom stereocenters. The summed E-state index contributed by atoms with van der Waals surface area (Å²) in [5.74, 6) is 1.61. The summed E-state index contributed by atoms with van der Waals surface area (Å²) in [4.78, 5) is 12.3. The van der Waals surface area contributed by atoms with Gasteiger partial charge in [-0.05, 0) is 57.8 Å². The molecule has 160 valence electrons. The number of carbonyl (C=O) groups is 1. The summed E-state index contributed by atoms with van der Waals surface area (Å²) in [6.45, 7) is 14.8. The normalized spacial score (nSPS) is 23.4. The third-order valence-corrected chi connectivity index (χ3v) is 8.39. The summed E-state index contributed by atoms with van der Waals surface area (Å²) >= 11 is 0. The molecular formula is C20H41NO5Si. The van der Waals surface area contributed by atoms with Gasteiger partial charge in [0.2, 0.25) is 0 Å². The van der Waals surface area contributed by atoms with Gasteiger partial charge in [0.1, 0.15) is 6.10 Å². The van der Waals surface area contributed by atoms with Gasteiger partial charge in [0.25, 0.3) is 0 Å². The summed E-state index contributed by atoms with van der Waals surface area (Å²) < 4.78 is 23.3. The zero-order valence-electron chi connectivity index (χ0n) is 18.2. The van der Waals surface area contributed by atoms with E-state index in [9.17, 15) is 4.79 Å². The highest BCUT2D eigenvalue weighted by Gasteiger charge is 2.39. The lowest BCUT2D eigenvalue weighted by Gasteiger charge is -2.36. The van der Waals surface area contributed by atoms with Crippen molar-refractivity contribution in [2.24, 2.45) is 17.8 Å². The summed E-state index contributed by atoms with van der Waals surface area (Å²) in [6, 6.07) is 0.692. The fourth-order valence-corrected chi connectivity index (χ4v) is 6.54. The Morgan fingerprint density at radius 2 is 1.67 bits per heavy atom. The maximum absolute atomic E-state index is 12.3. The minimum atomic E-state index is -2.64. The molecular weight excluding hydrogens is 362 g/mol. The molecule has 6 nitrogen and oxygen atoms in total. The van der Waals surface area contributed by atoms with E-state index >= 15 is 0 Å². The molecule has 0 aliphatic heterocycles. The largest absolute Gasteiger partial charge is 0.500 e. The van der Waals surface area contributed by atoms with Gasteiger partial charge in [0, 0.05) is 32.4 Å². The predicted octanol–water partition coefficient (Wildman–Crippen LogP) is 4.61. The lowest BCUT2D eigenvalue weighted by atomic mass is 9.75. The van der Waals surface area contributed by atoms with Crippen molar-refractivity contribution in [2.45, 2.75) is 79.4 Å². The van der Waals surface area contributed by atoms with Gasteiger partial charge in [-0.1, -0.05) is 27.2 Å². The molecule has 1 fully saturated rings. The lowest BCUT2D eigenvalue weighted by molar-refractivity contribution is 0.00615.